The maximum Gasteiger partial charge on any atom is 0.408 e. The Hall–Kier alpha value is -4.52. The monoisotopic (exact) mass is 636 g/mol. The summed E-state index contributed by atoms with van der Waals surface area (Å²) in [6.07, 6.45) is 2.69. The molecule has 12 heteroatoms. The molecular formula is C34H44N4O8. The Kier molecular flexibility index (Phi) is 13.9. The van der Waals surface area contributed by atoms with E-state index in [9.17, 15) is 14.4 Å². The van der Waals surface area contributed by atoms with Crippen LogP contribution in [-0.2, 0) is 37.4 Å². The fourth-order valence-corrected chi connectivity index (χ4v) is 4.27. The second-order valence-corrected chi connectivity index (χ2v) is 11.1. The number of nitrogens with zero attached hydrogens (tertiary/aromatic N) is 2. The minimum atomic E-state index is -0.888. The molecule has 0 aliphatic heterocycles. The fourth-order valence-electron chi connectivity index (χ4n) is 4.27. The standard InChI is InChI=1S/C19H23N3O3.C15H21NO5/c1-12(2)24-10-13(20)11-25-14-4-5-16-15-6-7-21-9-17(15)19(23)22(3)18(16)8-14;1-11(2)20-10-13(14(17)19-3)16-15(18)21-9-12-7-5-4-6-8-12/h4-9,12-13H,10-11,20H2,1-3H3;4-8,11,13H,9-10H2,1-3H3,(H,16,18)/t2*13-/m00/s1. The van der Waals surface area contributed by atoms with Crippen LogP contribution in [0.5, 0.6) is 5.75 Å². The van der Waals surface area contributed by atoms with Gasteiger partial charge in [-0.2, -0.15) is 0 Å². The quantitative estimate of drug-likeness (QED) is 0.162. The normalized spacial score (nSPS) is 12.4. The molecule has 0 saturated carbocycles. The zero-order valence-electron chi connectivity index (χ0n) is 27.2. The third-order valence-electron chi connectivity index (χ3n) is 6.67. The van der Waals surface area contributed by atoms with E-state index in [1.54, 1.807) is 24.0 Å². The van der Waals surface area contributed by atoms with Gasteiger partial charge < -0.3 is 39.3 Å². The number of aryl methyl sites for hydroxylation is 1. The van der Waals surface area contributed by atoms with Crippen molar-refractivity contribution in [1.29, 1.82) is 0 Å². The summed E-state index contributed by atoms with van der Waals surface area (Å²) in [5, 5.41) is 4.92. The highest BCUT2D eigenvalue weighted by molar-refractivity contribution is 6.05. The van der Waals surface area contributed by atoms with Crippen LogP contribution in [-0.4, -0.2) is 72.8 Å². The lowest BCUT2D eigenvalue weighted by Crippen LogP contribution is -2.45. The minimum Gasteiger partial charge on any atom is -0.492 e. The van der Waals surface area contributed by atoms with Crippen LogP contribution in [0.15, 0.2) is 71.8 Å². The van der Waals surface area contributed by atoms with Gasteiger partial charge >= 0.3 is 12.1 Å². The summed E-state index contributed by atoms with van der Waals surface area (Å²) in [4.78, 5) is 39.8. The van der Waals surface area contributed by atoms with Crippen molar-refractivity contribution in [3.8, 4) is 5.75 Å². The van der Waals surface area contributed by atoms with E-state index in [2.05, 4.69) is 15.0 Å². The molecule has 0 unspecified atom stereocenters. The fraction of sp³-hybridized carbons (Fsp3) is 0.412. The molecule has 0 spiro atoms. The smallest absolute Gasteiger partial charge is 0.408 e. The van der Waals surface area contributed by atoms with Crippen molar-refractivity contribution in [3.05, 3.63) is 82.9 Å². The van der Waals surface area contributed by atoms with Gasteiger partial charge in [0.1, 0.15) is 19.0 Å². The average Bonchev–Trinajstić information content (AvgIpc) is 3.06. The number of methoxy groups -OCH3 is 1. The number of nitrogens with one attached hydrogen (secondary N) is 1. The van der Waals surface area contributed by atoms with Crippen LogP contribution in [0.25, 0.3) is 21.7 Å². The maximum atomic E-state index is 12.5. The molecule has 2 heterocycles. The molecule has 12 nitrogen and oxygen atoms in total. The largest absolute Gasteiger partial charge is 0.492 e. The number of ether oxygens (including phenoxy) is 5. The van der Waals surface area contributed by atoms with Crippen LogP contribution in [0.4, 0.5) is 4.79 Å². The zero-order chi connectivity index (χ0) is 33.6. The highest BCUT2D eigenvalue weighted by Gasteiger charge is 2.23. The first kappa shape index (κ1) is 36.0. The summed E-state index contributed by atoms with van der Waals surface area (Å²) >= 11 is 0. The minimum absolute atomic E-state index is 0.0325. The van der Waals surface area contributed by atoms with Crippen molar-refractivity contribution >= 4 is 33.7 Å². The number of benzene rings is 2. The Morgan fingerprint density at radius 2 is 1.61 bits per heavy atom. The first-order valence-electron chi connectivity index (χ1n) is 15.0. The van der Waals surface area contributed by atoms with Crippen LogP contribution in [0, 0.1) is 0 Å². The Labute approximate surface area is 268 Å². The molecular weight excluding hydrogens is 592 g/mol. The number of pyridine rings is 2. The lowest BCUT2D eigenvalue weighted by atomic mass is 10.1. The number of amides is 1. The van der Waals surface area contributed by atoms with E-state index in [0.717, 1.165) is 21.9 Å². The lowest BCUT2D eigenvalue weighted by molar-refractivity contribution is -0.145. The van der Waals surface area contributed by atoms with Gasteiger partial charge in [0.25, 0.3) is 5.56 Å². The first-order chi connectivity index (χ1) is 22.0. The summed E-state index contributed by atoms with van der Waals surface area (Å²) < 4.78 is 27.9. The summed E-state index contributed by atoms with van der Waals surface area (Å²) in [6, 6.07) is 15.7. The van der Waals surface area contributed by atoms with E-state index in [1.165, 1.54) is 7.11 Å². The summed E-state index contributed by atoms with van der Waals surface area (Å²) in [5.41, 5.74) is 7.60. The Morgan fingerprint density at radius 3 is 2.28 bits per heavy atom. The molecule has 0 aliphatic rings. The zero-order valence-corrected chi connectivity index (χ0v) is 27.2. The Morgan fingerprint density at radius 1 is 0.913 bits per heavy atom. The third kappa shape index (κ3) is 10.8. The second-order valence-electron chi connectivity index (χ2n) is 11.1. The Balaban J connectivity index is 0.000000255. The van der Waals surface area contributed by atoms with Gasteiger partial charge in [-0.3, -0.25) is 9.78 Å². The van der Waals surface area contributed by atoms with Gasteiger partial charge in [-0.25, -0.2) is 9.59 Å². The molecule has 1 amide bonds. The van der Waals surface area contributed by atoms with Crippen molar-refractivity contribution in [2.75, 3.05) is 26.9 Å². The molecule has 2 aromatic carbocycles. The topological polar surface area (TPSA) is 153 Å². The molecule has 2 aromatic heterocycles. The number of carbonyl (C=O) groups is 2. The molecule has 2 atom stereocenters. The van der Waals surface area contributed by atoms with Gasteiger partial charge in [0, 0.05) is 30.9 Å². The van der Waals surface area contributed by atoms with E-state index in [1.807, 2.05) is 82.3 Å². The van der Waals surface area contributed by atoms with Crippen molar-refractivity contribution < 1.29 is 33.3 Å². The third-order valence-corrected chi connectivity index (χ3v) is 6.67. The molecule has 0 aliphatic carbocycles. The van der Waals surface area contributed by atoms with Crippen molar-refractivity contribution in [1.82, 2.24) is 14.9 Å². The summed E-state index contributed by atoms with van der Waals surface area (Å²) in [7, 11) is 3.00. The molecule has 4 rings (SSSR count). The van der Waals surface area contributed by atoms with Crippen LogP contribution >= 0.6 is 0 Å². The van der Waals surface area contributed by atoms with Crippen LogP contribution in [0.2, 0.25) is 0 Å². The van der Waals surface area contributed by atoms with E-state index in [0.29, 0.717) is 24.3 Å². The highest BCUT2D eigenvalue weighted by atomic mass is 16.6. The molecule has 0 bridgehead atoms. The first-order valence-corrected chi connectivity index (χ1v) is 15.0. The number of rotatable bonds is 13. The number of fused-ring (bicyclic) bond motifs is 3. The second kappa shape index (κ2) is 17.8. The Bertz CT molecular complexity index is 1620. The maximum absolute atomic E-state index is 12.5. The lowest BCUT2D eigenvalue weighted by Gasteiger charge is -2.17. The summed E-state index contributed by atoms with van der Waals surface area (Å²) in [6.45, 7) is 8.57. The van der Waals surface area contributed by atoms with Crippen molar-refractivity contribution in [2.45, 2.75) is 58.6 Å². The number of nitrogens with two attached hydrogens (primary N) is 1. The molecule has 46 heavy (non-hydrogen) atoms. The number of hydrogen-bond donors (Lipinski definition) is 2. The molecule has 0 radical (unpaired) electrons. The predicted octanol–water partition coefficient (Wildman–Crippen LogP) is 4.10. The number of esters is 1. The van der Waals surface area contributed by atoms with Gasteiger partial charge in [0.15, 0.2) is 6.04 Å². The number of aromatic nitrogens is 2. The molecule has 4 aromatic rings. The van der Waals surface area contributed by atoms with Crippen LogP contribution < -0.4 is 21.3 Å². The van der Waals surface area contributed by atoms with Crippen LogP contribution in [0.1, 0.15) is 33.3 Å². The SMILES string of the molecule is CC(C)OC[C@H](N)COc1ccc2c3ccncc3c(=O)n(C)c2c1.COC(=O)[C@H](COC(C)C)NC(=O)OCc1ccccc1. The number of alkyl carbamates (subject to hydrolysis) is 1. The molecule has 3 N–H and O–H groups in total. The van der Waals surface area contributed by atoms with E-state index >= 15 is 0 Å². The van der Waals surface area contributed by atoms with Crippen molar-refractivity contribution in [2.24, 2.45) is 12.8 Å². The van der Waals surface area contributed by atoms with Gasteiger partial charge in [-0.05, 0) is 56.8 Å². The molecule has 248 valence electrons. The molecule has 0 fully saturated rings. The van der Waals surface area contributed by atoms with Crippen molar-refractivity contribution in [3.63, 3.8) is 0 Å². The summed E-state index contributed by atoms with van der Waals surface area (Å²) in [5.74, 6) is 0.100. The number of hydrogen-bond acceptors (Lipinski definition) is 10. The van der Waals surface area contributed by atoms with E-state index in [-0.39, 0.29) is 37.0 Å². The molecule has 0 saturated heterocycles. The average molecular weight is 637 g/mol. The van der Waals surface area contributed by atoms with E-state index < -0.39 is 18.1 Å². The number of carbonyl (C=O) groups excluding carboxylic acids is 2. The van der Waals surface area contributed by atoms with Gasteiger partial charge in [0.05, 0.1) is 49.5 Å². The van der Waals surface area contributed by atoms with Gasteiger partial charge in [0.2, 0.25) is 0 Å². The van der Waals surface area contributed by atoms with Gasteiger partial charge in [-0.15, -0.1) is 0 Å². The van der Waals surface area contributed by atoms with E-state index in [4.69, 9.17) is 24.7 Å². The predicted molar refractivity (Wildman–Crippen MR) is 176 cm³/mol. The highest BCUT2D eigenvalue weighted by Crippen LogP contribution is 2.25. The van der Waals surface area contributed by atoms with Crippen LogP contribution in [0.3, 0.4) is 0 Å². The van der Waals surface area contributed by atoms with Gasteiger partial charge in [-0.1, -0.05) is 30.3 Å².